The Morgan fingerprint density at radius 3 is 2.48 bits per heavy atom. The molecule has 0 unspecified atom stereocenters. The van der Waals surface area contributed by atoms with Gasteiger partial charge in [0.25, 0.3) is 0 Å². The molecule has 1 heterocycles. The van der Waals surface area contributed by atoms with Gasteiger partial charge in [-0.1, -0.05) is 25.0 Å². The fourth-order valence-electron chi connectivity index (χ4n) is 2.83. The van der Waals surface area contributed by atoms with Crippen LogP contribution in [-0.2, 0) is 16.1 Å². The van der Waals surface area contributed by atoms with Crippen molar-refractivity contribution in [3.8, 4) is 0 Å². The second-order valence-corrected chi connectivity index (χ2v) is 6.11. The van der Waals surface area contributed by atoms with Gasteiger partial charge in [0.05, 0.1) is 13.2 Å². The van der Waals surface area contributed by atoms with Gasteiger partial charge in [-0.05, 0) is 43.6 Å². The Balaban J connectivity index is 1.74. The number of hydrogen-bond acceptors (Lipinski definition) is 4. The fraction of sp³-hybridized carbons (Fsp3) is 0.611. The van der Waals surface area contributed by atoms with Gasteiger partial charge in [-0.25, -0.2) is 0 Å². The van der Waals surface area contributed by atoms with E-state index in [0.717, 1.165) is 12.2 Å². The zero-order valence-corrected chi connectivity index (χ0v) is 14.1. The summed E-state index contributed by atoms with van der Waals surface area (Å²) in [5, 5.41) is 5.94. The molecule has 128 valence electrons. The summed E-state index contributed by atoms with van der Waals surface area (Å²) in [4.78, 5) is 14.3. The monoisotopic (exact) mass is 319 g/mol. The number of amides is 1. The SMILES string of the molecule is COCCNCC(=O)Nc1ccc(CN2CCCCCC2)cc1. The van der Waals surface area contributed by atoms with Gasteiger partial charge >= 0.3 is 0 Å². The smallest absolute Gasteiger partial charge is 0.238 e. The van der Waals surface area contributed by atoms with Gasteiger partial charge in [0.15, 0.2) is 0 Å². The Morgan fingerprint density at radius 2 is 1.83 bits per heavy atom. The van der Waals surface area contributed by atoms with Gasteiger partial charge < -0.3 is 15.4 Å². The summed E-state index contributed by atoms with van der Waals surface area (Å²) >= 11 is 0. The molecule has 1 amide bonds. The molecule has 0 spiro atoms. The van der Waals surface area contributed by atoms with Gasteiger partial charge in [-0.15, -0.1) is 0 Å². The lowest BCUT2D eigenvalue weighted by atomic mass is 10.2. The molecule has 0 aromatic heterocycles. The summed E-state index contributed by atoms with van der Waals surface area (Å²) in [6.07, 6.45) is 5.34. The number of methoxy groups -OCH3 is 1. The predicted octanol–water partition coefficient (Wildman–Crippen LogP) is 2.24. The van der Waals surface area contributed by atoms with Crippen molar-refractivity contribution in [2.24, 2.45) is 0 Å². The summed E-state index contributed by atoms with van der Waals surface area (Å²) < 4.78 is 4.93. The van der Waals surface area contributed by atoms with E-state index in [4.69, 9.17) is 4.74 Å². The van der Waals surface area contributed by atoms with Gasteiger partial charge in [0, 0.05) is 25.9 Å². The zero-order chi connectivity index (χ0) is 16.3. The molecule has 5 heteroatoms. The van der Waals surface area contributed by atoms with Gasteiger partial charge in [0.1, 0.15) is 0 Å². The van der Waals surface area contributed by atoms with Gasteiger partial charge in [0.2, 0.25) is 5.91 Å². The molecular formula is C18H29N3O2. The van der Waals surface area contributed by atoms with E-state index in [2.05, 4.69) is 27.7 Å². The molecule has 1 fully saturated rings. The van der Waals surface area contributed by atoms with Crippen molar-refractivity contribution in [1.29, 1.82) is 0 Å². The third-order valence-corrected chi connectivity index (χ3v) is 4.11. The van der Waals surface area contributed by atoms with Crippen molar-refractivity contribution in [1.82, 2.24) is 10.2 Å². The quantitative estimate of drug-likeness (QED) is 0.722. The van der Waals surface area contributed by atoms with E-state index < -0.39 is 0 Å². The second-order valence-electron chi connectivity index (χ2n) is 6.11. The van der Waals surface area contributed by atoms with Crippen LogP contribution in [0.25, 0.3) is 0 Å². The second kappa shape index (κ2) is 10.4. The van der Waals surface area contributed by atoms with Crippen molar-refractivity contribution in [2.75, 3.05) is 45.2 Å². The number of ether oxygens (including phenoxy) is 1. The molecule has 1 aromatic rings. The first-order chi connectivity index (χ1) is 11.3. The van der Waals surface area contributed by atoms with E-state index in [1.807, 2.05) is 12.1 Å². The molecule has 0 radical (unpaired) electrons. The molecule has 1 aliphatic heterocycles. The molecule has 0 aliphatic carbocycles. The molecule has 0 saturated carbocycles. The summed E-state index contributed by atoms with van der Waals surface area (Å²) in [5.41, 5.74) is 2.16. The predicted molar refractivity (Wildman–Crippen MR) is 93.6 cm³/mol. The minimum Gasteiger partial charge on any atom is -0.383 e. The standard InChI is InChI=1S/C18H29N3O2/c1-23-13-10-19-14-18(22)20-17-8-6-16(7-9-17)15-21-11-4-2-3-5-12-21/h6-9,19H,2-5,10-15H2,1H3,(H,20,22). The van der Waals surface area contributed by atoms with Crippen molar-refractivity contribution in [2.45, 2.75) is 32.2 Å². The molecule has 2 rings (SSSR count). The van der Waals surface area contributed by atoms with Crippen molar-refractivity contribution in [3.05, 3.63) is 29.8 Å². The van der Waals surface area contributed by atoms with E-state index in [1.54, 1.807) is 7.11 Å². The molecule has 1 saturated heterocycles. The number of nitrogens with zero attached hydrogens (tertiary/aromatic N) is 1. The maximum Gasteiger partial charge on any atom is 0.238 e. The maximum absolute atomic E-state index is 11.8. The topological polar surface area (TPSA) is 53.6 Å². The number of benzene rings is 1. The Kier molecular flexibility index (Phi) is 8.07. The first-order valence-electron chi connectivity index (χ1n) is 8.59. The number of carbonyl (C=O) groups excluding carboxylic acids is 1. The molecular weight excluding hydrogens is 290 g/mol. The highest BCUT2D eigenvalue weighted by atomic mass is 16.5. The molecule has 1 aromatic carbocycles. The van der Waals surface area contributed by atoms with Crippen LogP contribution >= 0.6 is 0 Å². The zero-order valence-electron chi connectivity index (χ0n) is 14.1. The lowest BCUT2D eigenvalue weighted by molar-refractivity contribution is -0.115. The van der Waals surface area contributed by atoms with Crippen LogP contribution in [0, 0.1) is 0 Å². The number of rotatable bonds is 8. The number of anilines is 1. The molecule has 23 heavy (non-hydrogen) atoms. The van der Waals surface area contributed by atoms with Crippen LogP contribution in [0.4, 0.5) is 5.69 Å². The van der Waals surface area contributed by atoms with Crippen LogP contribution in [-0.4, -0.2) is 50.7 Å². The minimum atomic E-state index is -0.0265. The van der Waals surface area contributed by atoms with Crippen molar-refractivity contribution >= 4 is 11.6 Å². The summed E-state index contributed by atoms with van der Waals surface area (Å²) in [7, 11) is 1.65. The molecule has 2 N–H and O–H groups in total. The third kappa shape index (κ3) is 7.12. The highest BCUT2D eigenvalue weighted by Gasteiger charge is 2.09. The third-order valence-electron chi connectivity index (χ3n) is 4.11. The highest BCUT2D eigenvalue weighted by Crippen LogP contribution is 2.15. The first kappa shape index (κ1) is 17.9. The van der Waals surface area contributed by atoms with Crippen LogP contribution in [0.5, 0.6) is 0 Å². The minimum absolute atomic E-state index is 0.0265. The highest BCUT2D eigenvalue weighted by molar-refractivity contribution is 5.92. The van der Waals surface area contributed by atoms with Gasteiger partial charge in [-0.3, -0.25) is 9.69 Å². The lowest BCUT2D eigenvalue weighted by Crippen LogP contribution is -2.30. The van der Waals surface area contributed by atoms with Gasteiger partial charge in [-0.2, -0.15) is 0 Å². The van der Waals surface area contributed by atoms with E-state index in [-0.39, 0.29) is 5.91 Å². The van der Waals surface area contributed by atoms with Crippen LogP contribution < -0.4 is 10.6 Å². The molecule has 0 atom stereocenters. The molecule has 0 bridgehead atoms. The average Bonchev–Trinajstić information content (AvgIpc) is 2.82. The van der Waals surface area contributed by atoms with E-state index in [1.165, 1.54) is 44.3 Å². The molecule has 1 aliphatic rings. The Morgan fingerprint density at radius 1 is 1.13 bits per heavy atom. The Hall–Kier alpha value is -1.43. The maximum atomic E-state index is 11.8. The summed E-state index contributed by atoms with van der Waals surface area (Å²) in [6.45, 7) is 5.00. The number of hydrogen-bond donors (Lipinski definition) is 2. The Labute approximate surface area is 139 Å². The van der Waals surface area contributed by atoms with E-state index in [9.17, 15) is 4.79 Å². The van der Waals surface area contributed by atoms with Crippen molar-refractivity contribution < 1.29 is 9.53 Å². The average molecular weight is 319 g/mol. The van der Waals surface area contributed by atoms with Crippen LogP contribution in [0.15, 0.2) is 24.3 Å². The number of nitrogens with one attached hydrogen (secondary N) is 2. The van der Waals surface area contributed by atoms with Crippen LogP contribution in [0.2, 0.25) is 0 Å². The lowest BCUT2D eigenvalue weighted by Gasteiger charge is -2.19. The molecule has 5 nitrogen and oxygen atoms in total. The summed E-state index contributed by atoms with van der Waals surface area (Å²) in [5.74, 6) is -0.0265. The van der Waals surface area contributed by atoms with E-state index >= 15 is 0 Å². The fourth-order valence-corrected chi connectivity index (χ4v) is 2.83. The number of carbonyl (C=O) groups is 1. The van der Waals surface area contributed by atoms with Crippen LogP contribution in [0.1, 0.15) is 31.2 Å². The van der Waals surface area contributed by atoms with Crippen LogP contribution in [0.3, 0.4) is 0 Å². The number of likely N-dealkylation sites (tertiary alicyclic amines) is 1. The van der Waals surface area contributed by atoms with Crippen molar-refractivity contribution in [3.63, 3.8) is 0 Å². The largest absolute Gasteiger partial charge is 0.383 e. The normalized spacial score (nSPS) is 16.0. The first-order valence-corrected chi connectivity index (χ1v) is 8.59. The van der Waals surface area contributed by atoms with E-state index in [0.29, 0.717) is 19.7 Å². The Bertz CT molecular complexity index is 454. The summed E-state index contributed by atoms with van der Waals surface area (Å²) in [6, 6.07) is 8.19.